The lowest BCUT2D eigenvalue weighted by atomic mass is 10.1. The largest absolute Gasteiger partial charge is 0.398 e. The van der Waals surface area contributed by atoms with Gasteiger partial charge >= 0.3 is 0 Å². The summed E-state index contributed by atoms with van der Waals surface area (Å²) in [6.07, 6.45) is 0. The molecule has 3 N–H and O–H groups in total. The minimum Gasteiger partial charge on any atom is -0.398 e. The summed E-state index contributed by atoms with van der Waals surface area (Å²) >= 11 is 0. The Balaban J connectivity index is 2.61. The molecule has 0 bridgehead atoms. The molecular formula is C13H20N2O2. The number of benzene rings is 1. The van der Waals surface area contributed by atoms with Crippen LogP contribution < -0.4 is 11.1 Å². The Bertz CT molecular complexity index is 391. The standard InChI is InChI=1S/C13H20N2O2/c1-9-4-5-12(14)11(6-9)13(16)15-7-10(2)8-17-3/h4-6,10H,7-8,14H2,1-3H3,(H,15,16). The van der Waals surface area contributed by atoms with Crippen molar-refractivity contribution in [2.75, 3.05) is 26.0 Å². The number of anilines is 1. The molecule has 0 saturated carbocycles. The van der Waals surface area contributed by atoms with Gasteiger partial charge in [0.15, 0.2) is 0 Å². The molecule has 1 aromatic rings. The molecule has 1 aromatic carbocycles. The molecule has 17 heavy (non-hydrogen) atoms. The quantitative estimate of drug-likeness (QED) is 0.763. The molecule has 0 aliphatic carbocycles. The van der Waals surface area contributed by atoms with Gasteiger partial charge in [0.1, 0.15) is 0 Å². The van der Waals surface area contributed by atoms with Gasteiger partial charge in [-0.2, -0.15) is 0 Å². The highest BCUT2D eigenvalue weighted by atomic mass is 16.5. The van der Waals surface area contributed by atoms with Gasteiger partial charge in [-0.3, -0.25) is 4.79 Å². The van der Waals surface area contributed by atoms with Crippen molar-refractivity contribution >= 4 is 11.6 Å². The molecule has 0 aliphatic heterocycles. The van der Waals surface area contributed by atoms with E-state index < -0.39 is 0 Å². The van der Waals surface area contributed by atoms with Crippen LogP contribution in [0, 0.1) is 12.8 Å². The number of carbonyl (C=O) groups excluding carboxylic acids is 1. The zero-order valence-corrected chi connectivity index (χ0v) is 10.6. The van der Waals surface area contributed by atoms with Crippen LogP contribution in [0.4, 0.5) is 5.69 Å². The number of hydrogen-bond acceptors (Lipinski definition) is 3. The van der Waals surface area contributed by atoms with Crippen molar-refractivity contribution in [3.63, 3.8) is 0 Å². The van der Waals surface area contributed by atoms with Gasteiger partial charge in [-0.05, 0) is 25.0 Å². The van der Waals surface area contributed by atoms with Gasteiger partial charge in [-0.15, -0.1) is 0 Å². The maximum Gasteiger partial charge on any atom is 0.253 e. The van der Waals surface area contributed by atoms with Gasteiger partial charge in [0, 0.05) is 19.3 Å². The van der Waals surface area contributed by atoms with E-state index in [4.69, 9.17) is 10.5 Å². The molecule has 1 rings (SSSR count). The number of nitrogens with one attached hydrogen (secondary N) is 1. The van der Waals surface area contributed by atoms with Crippen LogP contribution in [0.3, 0.4) is 0 Å². The molecule has 1 amide bonds. The Morgan fingerprint density at radius 3 is 2.88 bits per heavy atom. The number of aryl methyl sites for hydroxylation is 1. The highest BCUT2D eigenvalue weighted by Gasteiger charge is 2.10. The molecule has 1 atom stereocenters. The number of nitrogens with two attached hydrogens (primary N) is 1. The normalized spacial score (nSPS) is 12.2. The van der Waals surface area contributed by atoms with E-state index in [0.717, 1.165) is 5.56 Å². The lowest BCUT2D eigenvalue weighted by molar-refractivity contribution is 0.0935. The Labute approximate surface area is 102 Å². The van der Waals surface area contributed by atoms with E-state index in [9.17, 15) is 4.79 Å². The first kappa shape index (κ1) is 13.5. The first-order valence-electron chi connectivity index (χ1n) is 5.68. The van der Waals surface area contributed by atoms with Gasteiger partial charge in [0.25, 0.3) is 5.91 Å². The van der Waals surface area contributed by atoms with Gasteiger partial charge in [0.2, 0.25) is 0 Å². The molecule has 0 aliphatic rings. The molecule has 0 saturated heterocycles. The average Bonchev–Trinajstić information content (AvgIpc) is 2.29. The van der Waals surface area contributed by atoms with Crippen LogP contribution in [-0.4, -0.2) is 26.2 Å². The molecule has 4 nitrogen and oxygen atoms in total. The van der Waals surface area contributed by atoms with Crippen molar-refractivity contribution in [1.82, 2.24) is 5.32 Å². The van der Waals surface area contributed by atoms with Crippen LogP contribution in [0.25, 0.3) is 0 Å². The number of methoxy groups -OCH3 is 1. The van der Waals surface area contributed by atoms with Crippen molar-refractivity contribution in [2.24, 2.45) is 5.92 Å². The van der Waals surface area contributed by atoms with E-state index in [-0.39, 0.29) is 11.8 Å². The van der Waals surface area contributed by atoms with Crippen molar-refractivity contribution in [3.05, 3.63) is 29.3 Å². The highest BCUT2D eigenvalue weighted by Crippen LogP contribution is 2.13. The summed E-state index contributed by atoms with van der Waals surface area (Å²) < 4.78 is 5.01. The number of carbonyl (C=O) groups is 1. The molecule has 0 aromatic heterocycles. The second-order valence-electron chi connectivity index (χ2n) is 4.36. The van der Waals surface area contributed by atoms with E-state index in [1.807, 2.05) is 19.9 Å². The third kappa shape index (κ3) is 4.07. The molecular weight excluding hydrogens is 216 g/mol. The van der Waals surface area contributed by atoms with Crippen molar-refractivity contribution < 1.29 is 9.53 Å². The average molecular weight is 236 g/mol. The summed E-state index contributed by atoms with van der Waals surface area (Å²) in [5.41, 5.74) is 7.84. The molecule has 1 unspecified atom stereocenters. The second-order valence-corrected chi connectivity index (χ2v) is 4.36. The minimum absolute atomic E-state index is 0.130. The zero-order chi connectivity index (χ0) is 12.8. The molecule has 0 heterocycles. The second kappa shape index (κ2) is 6.25. The van der Waals surface area contributed by atoms with Crippen LogP contribution in [0.1, 0.15) is 22.8 Å². The molecule has 94 valence electrons. The van der Waals surface area contributed by atoms with Gasteiger partial charge in [-0.1, -0.05) is 18.6 Å². The van der Waals surface area contributed by atoms with E-state index in [1.54, 1.807) is 19.2 Å². The molecule has 0 radical (unpaired) electrons. The Morgan fingerprint density at radius 1 is 1.53 bits per heavy atom. The van der Waals surface area contributed by atoms with E-state index in [1.165, 1.54) is 0 Å². The Hall–Kier alpha value is -1.55. The fourth-order valence-corrected chi connectivity index (χ4v) is 1.57. The monoisotopic (exact) mass is 236 g/mol. The van der Waals surface area contributed by atoms with Crippen LogP contribution in [0.5, 0.6) is 0 Å². The topological polar surface area (TPSA) is 64.3 Å². The number of hydrogen-bond donors (Lipinski definition) is 2. The van der Waals surface area contributed by atoms with Crippen LogP contribution in [-0.2, 0) is 4.74 Å². The van der Waals surface area contributed by atoms with Crippen LogP contribution in [0.15, 0.2) is 18.2 Å². The fourth-order valence-electron chi connectivity index (χ4n) is 1.57. The van der Waals surface area contributed by atoms with Crippen molar-refractivity contribution in [2.45, 2.75) is 13.8 Å². The summed E-state index contributed by atoms with van der Waals surface area (Å²) in [4.78, 5) is 11.9. The van der Waals surface area contributed by atoms with Gasteiger partial charge < -0.3 is 15.8 Å². The van der Waals surface area contributed by atoms with Gasteiger partial charge in [0.05, 0.1) is 12.2 Å². The first-order valence-corrected chi connectivity index (χ1v) is 5.68. The summed E-state index contributed by atoms with van der Waals surface area (Å²) in [6, 6.07) is 5.44. The number of nitrogen functional groups attached to an aromatic ring is 1. The number of rotatable bonds is 5. The SMILES string of the molecule is COCC(C)CNC(=O)c1cc(C)ccc1N. The molecule has 0 fully saturated rings. The third-order valence-electron chi connectivity index (χ3n) is 2.52. The number of ether oxygens (including phenoxy) is 1. The smallest absolute Gasteiger partial charge is 0.253 e. The summed E-state index contributed by atoms with van der Waals surface area (Å²) in [5, 5.41) is 2.85. The van der Waals surface area contributed by atoms with Crippen molar-refractivity contribution in [1.29, 1.82) is 0 Å². The van der Waals surface area contributed by atoms with E-state index in [2.05, 4.69) is 5.32 Å². The summed E-state index contributed by atoms with van der Waals surface area (Å²) in [6.45, 7) is 5.16. The van der Waals surface area contributed by atoms with Gasteiger partial charge in [-0.25, -0.2) is 0 Å². The Morgan fingerprint density at radius 2 is 2.24 bits per heavy atom. The lowest BCUT2D eigenvalue weighted by Gasteiger charge is -2.12. The summed E-state index contributed by atoms with van der Waals surface area (Å²) in [7, 11) is 1.65. The van der Waals surface area contributed by atoms with Crippen molar-refractivity contribution in [3.8, 4) is 0 Å². The number of amides is 1. The summed E-state index contributed by atoms with van der Waals surface area (Å²) in [5.74, 6) is 0.157. The fraction of sp³-hybridized carbons (Fsp3) is 0.462. The maximum atomic E-state index is 11.9. The predicted molar refractivity (Wildman–Crippen MR) is 69.0 cm³/mol. The molecule has 4 heteroatoms. The molecule has 0 spiro atoms. The lowest BCUT2D eigenvalue weighted by Crippen LogP contribution is -2.30. The third-order valence-corrected chi connectivity index (χ3v) is 2.52. The van der Waals surface area contributed by atoms with Crippen LogP contribution in [0.2, 0.25) is 0 Å². The minimum atomic E-state index is -0.130. The Kier molecular flexibility index (Phi) is 4.97. The highest BCUT2D eigenvalue weighted by molar-refractivity contribution is 5.99. The van der Waals surface area contributed by atoms with E-state index >= 15 is 0 Å². The predicted octanol–water partition coefficient (Wildman–Crippen LogP) is 1.59. The zero-order valence-electron chi connectivity index (χ0n) is 10.6. The maximum absolute atomic E-state index is 11.9. The van der Waals surface area contributed by atoms with Crippen LogP contribution >= 0.6 is 0 Å². The van der Waals surface area contributed by atoms with E-state index in [0.29, 0.717) is 24.4 Å². The first-order chi connectivity index (χ1) is 8.04.